The van der Waals surface area contributed by atoms with Gasteiger partial charge in [-0.1, -0.05) is 44.4 Å². The van der Waals surface area contributed by atoms with Gasteiger partial charge in [0.25, 0.3) is 0 Å². The van der Waals surface area contributed by atoms with Gasteiger partial charge in [-0.05, 0) is 24.5 Å². The van der Waals surface area contributed by atoms with Crippen molar-refractivity contribution in [3.63, 3.8) is 0 Å². The molecule has 1 rings (SSSR count). The molecular weight excluding hydrogens is 239 g/mol. The minimum atomic E-state index is -0.519. The van der Waals surface area contributed by atoms with Crippen LogP contribution in [0.15, 0.2) is 18.2 Å². The number of aliphatic hydroxyl groups excluding tert-OH is 1. The molecule has 0 aliphatic heterocycles. The molecule has 0 saturated heterocycles. The van der Waals surface area contributed by atoms with Gasteiger partial charge in [0.05, 0.1) is 6.10 Å². The number of benzene rings is 1. The molecule has 1 nitrogen and oxygen atoms in total. The van der Waals surface area contributed by atoms with Crippen LogP contribution in [0.5, 0.6) is 0 Å². The zero-order valence-electron chi connectivity index (χ0n) is 10.4. The zero-order valence-corrected chi connectivity index (χ0v) is 11.2. The molecule has 0 aliphatic carbocycles. The lowest BCUT2D eigenvalue weighted by Gasteiger charge is -2.18. The quantitative estimate of drug-likeness (QED) is 0.810. The minimum Gasteiger partial charge on any atom is -0.393 e. The molecule has 96 valence electrons. The molecule has 0 saturated carbocycles. The first-order valence-corrected chi connectivity index (χ1v) is 6.57. The first kappa shape index (κ1) is 14.5. The maximum atomic E-state index is 13.5. The van der Waals surface area contributed by atoms with E-state index in [1.54, 1.807) is 12.1 Å². The summed E-state index contributed by atoms with van der Waals surface area (Å²) in [4.78, 5) is 0. The van der Waals surface area contributed by atoms with Gasteiger partial charge in [-0.15, -0.1) is 0 Å². The van der Waals surface area contributed by atoms with E-state index < -0.39 is 6.10 Å². The Balaban J connectivity index is 2.64. The molecule has 17 heavy (non-hydrogen) atoms. The Morgan fingerprint density at radius 1 is 1.29 bits per heavy atom. The smallest absolute Gasteiger partial charge is 0.127 e. The molecule has 1 N–H and O–H groups in total. The van der Waals surface area contributed by atoms with Gasteiger partial charge in [0.2, 0.25) is 0 Å². The molecule has 0 amide bonds. The second-order valence-electron chi connectivity index (χ2n) is 4.48. The predicted molar refractivity (Wildman–Crippen MR) is 69.8 cm³/mol. The number of hydrogen-bond acceptors (Lipinski definition) is 1. The van der Waals surface area contributed by atoms with Gasteiger partial charge < -0.3 is 5.11 Å². The van der Waals surface area contributed by atoms with Gasteiger partial charge in [0.1, 0.15) is 5.82 Å². The van der Waals surface area contributed by atoms with Gasteiger partial charge in [-0.2, -0.15) is 0 Å². The van der Waals surface area contributed by atoms with Gasteiger partial charge >= 0.3 is 0 Å². The van der Waals surface area contributed by atoms with Crippen molar-refractivity contribution in [3.05, 3.63) is 34.6 Å². The Bertz CT molecular complexity index is 330. The topological polar surface area (TPSA) is 20.2 Å². The fourth-order valence-electron chi connectivity index (χ4n) is 2.05. The Morgan fingerprint density at radius 3 is 2.47 bits per heavy atom. The molecule has 1 atom stereocenters. The Morgan fingerprint density at radius 2 is 1.94 bits per heavy atom. The van der Waals surface area contributed by atoms with E-state index in [1.807, 2.05) is 0 Å². The van der Waals surface area contributed by atoms with Crippen LogP contribution in [0.2, 0.25) is 5.02 Å². The monoisotopic (exact) mass is 258 g/mol. The fraction of sp³-hybridized carbons (Fsp3) is 0.571. The summed E-state index contributed by atoms with van der Waals surface area (Å²) in [6, 6.07) is 4.61. The zero-order chi connectivity index (χ0) is 12.8. The van der Waals surface area contributed by atoms with Crippen molar-refractivity contribution in [2.75, 3.05) is 0 Å². The normalized spacial score (nSPS) is 13.1. The summed E-state index contributed by atoms with van der Waals surface area (Å²) in [5.74, 6) is 0.164. The van der Waals surface area contributed by atoms with Crippen LogP contribution in [0, 0.1) is 11.7 Å². The minimum absolute atomic E-state index is 0.294. The number of hydrogen-bond donors (Lipinski definition) is 1. The van der Waals surface area contributed by atoms with Crippen LogP contribution in [0.4, 0.5) is 4.39 Å². The maximum absolute atomic E-state index is 13.5. The average molecular weight is 259 g/mol. The lowest BCUT2D eigenvalue weighted by molar-refractivity contribution is 0.138. The van der Waals surface area contributed by atoms with Crippen molar-refractivity contribution in [2.24, 2.45) is 5.92 Å². The van der Waals surface area contributed by atoms with Crippen LogP contribution in [0.1, 0.15) is 38.7 Å². The van der Waals surface area contributed by atoms with Crippen LogP contribution in [0.25, 0.3) is 0 Å². The van der Waals surface area contributed by atoms with E-state index >= 15 is 0 Å². The van der Waals surface area contributed by atoms with Gasteiger partial charge in [-0.25, -0.2) is 4.39 Å². The summed E-state index contributed by atoms with van der Waals surface area (Å²) in [6.07, 6.45) is 2.56. The van der Waals surface area contributed by atoms with Crippen LogP contribution < -0.4 is 0 Å². The molecule has 0 radical (unpaired) electrons. The van der Waals surface area contributed by atoms with Crippen molar-refractivity contribution in [3.8, 4) is 0 Å². The van der Waals surface area contributed by atoms with E-state index in [-0.39, 0.29) is 5.82 Å². The molecule has 0 fully saturated rings. The number of halogens is 2. The highest BCUT2D eigenvalue weighted by Gasteiger charge is 2.15. The second-order valence-corrected chi connectivity index (χ2v) is 4.88. The summed E-state index contributed by atoms with van der Waals surface area (Å²) >= 11 is 5.93. The van der Waals surface area contributed by atoms with E-state index in [2.05, 4.69) is 13.8 Å². The summed E-state index contributed by atoms with van der Waals surface area (Å²) in [5, 5.41) is 10.4. The lowest BCUT2D eigenvalue weighted by atomic mass is 9.93. The van der Waals surface area contributed by atoms with Crippen LogP contribution in [-0.4, -0.2) is 11.2 Å². The summed E-state index contributed by atoms with van der Waals surface area (Å²) < 4.78 is 13.5. The fourth-order valence-corrected chi connectivity index (χ4v) is 2.29. The van der Waals surface area contributed by atoms with Crippen molar-refractivity contribution >= 4 is 11.6 Å². The highest BCUT2D eigenvalue weighted by molar-refractivity contribution is 6.31. The summed E-state index contributed by atoms with van der Waals surface area (Å²) in [7, 11) is 0. The largest absolute Gasteiger partial charge is 0.393 e. The van der Waals surface area contributed by atoms with Crippen molar-refractivity contribution in [2.45, 2.75) is 45.6 Å². The molecule has 0 bridgehead atoms. The van der Waals surface area contributed by atoms with E-state index in [4.69, 9.17) is 11.6 Å². The third kappa shape index (κ3) is 4.29. The van der Waals surface area contributed by atoms with E-state index in [9.17, 15) is 9.50 Å². The molecular formula is C14H20ClFO. The first-order chi connectivity index (χ1) is 8.08. The third-order valence-corrected chi connectivity index (χ3v) is 3.62. The number of rotatable bonds is 6. The van der Waals surface area contributed by atoms with Gasteiger partial charge in [0.15, 0.2) is 0 Å². The lowest BCUT2D eigenvalue weighted by Crippen LogP contribution is -2.16. The maximum Gasteiger partial charge on any atom is 0.127 e. The Kier molecular flexibility index (Phi) is 5.93. The predicted octanol–water partition coefficient (Wildman–Crippen LogP) is 4.21. The average Bonchev–Trinajstić information content (AvgIpc) is 2.31. The highest BCUT2D eigenvalue weighted by atomic mass is 35.5. The molecule has 0 aromatic heterocycles. The van der Waals surface area contributed by atoms with Crippen LogP contribution in [0.3, 0.4) is 0 Å². The van der Waals surface area contributed by atoms with Crippen LogP contribution >= 0.6 is 11.6 Å². The summed E-state index contributed by atoms with van der Waals surface area (Å²) in [6.45, 7) is 4.22. The van der Waals surface area contributed by atoms with Crippen molar-refractivity contribution in [1.82, 2.24) is 0 Å². The SMILES string of the molecule is CCC(CC)CC(O)Cc1c(F)cccc1Cl. The molecule has 0 spiro atoms. The molecule has 1 aromatic rings. The van der Waals surface area contributed by atoms with E-state index in [0.717, 1.165) is 12.8 Å². The molecule has 0 heterocycles. The summed E-state index contributed by atoms with van der Waals surface area (Å²) in [5.41, 5.74) is 0.424. The van der Waals surface area contributed by atoms with E-state index in [1.165, 1.54) is 6.07 Å². The molecule has 1 aromatic carbocycles. The van der Waals surface area contributed by atoms with Gasteiger partial charge in [0, 0.05) is 17.0 Å². The van der Waals surface area contributed by atoms with Crippen LogP contribution in [-0.2, 0) is 6.42 Å². The second kappa shape index (κ2) is 6.97. The molecule has 3 heteroatoms. The third-order valence-electron chi connectivity index (χ3n) is 3.26. The van der Waals surface area contributed by atoms with Crippen molar-refractivity contribution < 1.29 is 9.50 Å². The Labute approximate surface area is 108 Å². The first-order valence-electron chi connectivity index (χ1n) is 6.19. The standard InChI is InChI=1S/C14H20ClFO/c1-3-10(4-2)8-11(17)9-12-13(15)6-5-7-14(12)16/h5-7,10-11,17H,3-4,8-9H2,1-2H3. The highest BCUT2D eigenvalue weighted by Crippen LogP contribution is 2.23. The van der Waals surface area contributed by atoms with Crippen molar-refractivity contribution in [1.29, 1.82) is 0 Å². The Hall–Kier alpha value is -0.600. The van der Waals surface area contributed by atoms with E-state index in [0.29, 0.717) is 29.3 Å². The van der Waals surface area contributed by atoms with Gasteiger partial charge in [-0.3, -0.25) is 0 Å². The molecule has 0 aliphatic rings. The molecule has 1 unspecified atom stereocenters. The number of aliphatic hydroxyl groups is 1.